The van der Waals surface area contributed by atoms with Crippen LogP contribution in [0.5, 0.6) is 5.75 Å². The SMILES string of the molecule is CCOCCNC1CC2(CCCC2)Oc2ccccc21. The molecule has 1 fully saturated rings. The lowest BCUT2D eigenvalue weighted by molar-refractivity contribution is 0.0350. The molecule has 2 aliphatic rings. The molecule has 20 heavy (non-hydrogen) atoms. The van der Waals surface area contributed by atoms with Gasteiger partial charge in [-0.05, 0) is 38.7 Å². The molecule has 3 heteroatoms. The van der Waals surface area contributed by atoms with E-state index >= 15 is 0 Å². The fraction of sp³-hybridized carbons (Fsp3) is 0.647. The van der Waals surface area contributed by atoms with Crippen LogP contribution in [0.15, 0.2) is 24.3 Å². The van der Waals surface area contributed by atoms with Crippen molar-refractivity contribution in [3.05, 3.63) is 29.8 Å². The van der Waals surface area contributed by atoms with Crippen molar-refractivity contribution in [2.75, 3.05) is 19.8 Å². The molecule has 110 valence electrons. The molecule has 1 aromatic carbocycles. The van der Waals surface area contributed by atoms with Crippen LogP contribution in [-0.2, 0) is 4.74 Å². The predicted molar refractivity (Wildman–Crippen MR) is 80.1 cm³/mol. The van der Waals surface area contributed by atoms with Crippen molar-refractivity contribution in [1.82, 2.24) is 5.32 Å². The van der Waals surface area contributed by atoms with Gasteiger partial charge in [0.15, 0.2) is 0 Å². The highest BCUT2D eigenvalue weighted by molar-refractivity contribution is 5.39. The summed E-state index contributed by atoms with van der Waals surface area (Å²) in [6.07, 6.45) is 6.09. The van der Waals surface area contributed by atoms with Crippen LogP contribution < -0.4 is 10.1 Å². The van der Waals surface area contributed by atoms with Crippen molar-refractivity contribution in [3.8, 4) is 5.75 Å². The molecule has 1 N–H and O–H groups in total. The van der Waals surface area contributed by atoms with Crippen LogP contribution in [0, 0.1) is 0 Å². The van der Waals surface area contributed by atoms with Gasteiger partial charge < -0.3 is 14.8 Å². The van der Waals surface area contributed by atoms with E-state index in [0.29, 0.717) is 6.04 Å². The van der Waals surface area contributed by atoms with Gasteiger partial charge in [-0.25, -0.2) is 0 Å². The minimum absolute atomic E-state index is 0.0810. The number of ether oxygens (including phenoxy) is 2. The molecular formula is C17H25NO2. The third-order valence-corrected chi connectivity index (χ3v) is 4.55. The third-order valence-electron chi connectivity index (χ3n) is 4.55. The van der Waals surface area contributed by atoms with E-state index in [1.165, 1.54) is 31.2 Å². The summed E-state index contributed by atoms with van der Waals surface area (Å²) in [7, 11) is 0. The molecule has 1 spiro atoms. The second-order valence-electron chi connectivity index (χ2n) is 5.94. The van der Waals surface area contributed by atoms with Crippen LogP contribution in [0.1, 0.15) is 50.6 Å². The monoisotopic (exact) mass is 275 g/mol. The Morgan fingerprint density at radius 2 is 2.10 bits per heavy atom. The van der Waals surface area contributed by atoms with Gasteiger partial charge in [0.25, 0.3) is 0 Å². The van der Waals surface area contributed by atoms with Crippen LogP contribution >= 0.6 is 0 Å². The van der Waals surface area contributed by atoms with E-state index in [2.05, 4.69) is 29.6 Å². The highest BCUT2D eigenvalue weighted by Gasteiger charge is 2.42. The summed E-state index contributed by atoms with van der Waals surface area (Å²) in [5.41, 5.74) is 1.39. The van der Waals surface area contributed by atoms with Crippen LogP contribution in [0.2, 0.25) is 0 Å². The Labute approximate surface area is 121 Å². The molecule has 1 aliphatic carbocycles. The maximum Gasteiger partial charge on any atom is 0.124 e. The first-order chi connectivity index (χ1) is 9.83. The van der Waals surface area contributed by atoms with Crippen molar-refractivity contribution in [2.45, 2.75) is 50.7 Å². The molecule has 3 rings (SSSR count). The maximum absolute atomic E-state index is 6.37. The average Bonchev–Trinajstić information content (AvgIpc) is 2.91. The molecule has 0 amide bonds. The molecule has 3 nitrogen and oxygen atoms in total. The van der Waals surface area contributed by atoms with Gasteiger partial charge in [0.1, 0.15) is 11.4 Å². The summed E-state index contributed by atoms with van der Waals surface area (Å²) >= 11 is 0. The highest BCUT2D eigenvalue weighted by Crippen LogP contribution is 2.46. The lowest BCUT2D eigenvalue weighted by atomic mass is 9.86. The van der Waals surface area contributed by atoms with Gasteiger partial charge in [-0.15, -0.1) is 0 Å². The van der Waals surface area contributed by atoms with E-state index in [1.54, 1.807) is 0 Å². The first-order valence-corrected chi connectivity index (χ1v) is 7.92. The largest absolute Gasteiger partial charge is 0.487 e. The molecule has 0 aromatic heterocycles. The van der Waals surface area contributed by atoms with Crippen molar-refractivity contribution < 1.29 is 9.47 Å². The summed E-state index contributed by atoms with van der Waals surface area (Å²) in [6.45, 7) is 4.51. The zero-order valence-corrected chi connectivity index (χ0v) is 12.4. The summed E-state index contributed by atoms with van der Waals surface area (Å²) in [6, 6.07) is 8.88. The molecule has 1 unspecified atom stereocenters. The molecule has 1 aliphatic heterocycles. The van der Waals surface area contributed by atoms with Crippen molar-refractivity contribution in [2.24, 2.45) is 0 Å². The molecule has 1 aromatic rings. The quantitative estimate of drug-likeness (QED) is 0.835. The Morgan fingerprint density at radius 3 is 2.90 bits per heavy atom. The number of fused-ring (bicyclic) bond motifs is 1. The van der Waals surface area contributed by atoms with Gasteiger partial charge in [0, 0.05) is 31.2 Å². The summed E-state index contributed by atoms with van der Waals surface area (Å²) in [5, 5.41) is 3.66. The van der Waals surface area contributed by atoms with Gasteiger partial charge in [-0.3, -0.25) is 0 Å². The van der Waals surface area contributed by atoms with Crippen LogP contribution in [-0.4, -0.2) is 25.4 Å². The Hall–Kier alpha value is -1.06. The Balaban J connectivity index is 1.73. The van der Waals surface area contributed by atoms with E-state index in [0.717, 1.165) is 31.9 Å². The smallest absolute Gasteiger partial charge is 0.124 e. The molecule has 1 atom stereocenters. The zero-order valence-electron chi connectivity index (χ0n) is 12.4. The van der Waals surface area contributed by atoms with Gasteiger partial charge in [0.05, 0.1) is 6.61 Å². The topological polar surface area (TPSA) is 30.5 Å². The zero-order chi connectivity index (χ0) is 13.8. The maximum atomic E-state index is 6.37. The second-order valence-corrected chi connectivity index (χ2v) is 5.94. The molecule has 0 bridgehead atoms. The highest BCUT2D eigenvalue weighted by atomic mass is 16.5. The van der Waals surface area contributed by atoms with Gasteiger partial charge in [0.2, 0.25) is 0 Å². The minimum atomic E-state index is 0.0810. The number of benzene rings is 1. The average molecular weight is 275 g/mol. The number of nitrogens with one attached hydrogen (secondary N) is 1. The fourth-order valence-electron chi connectivity index (χ4n) is 3.58. The first kappa shape index (κ1) is 13.9. The number of para-hydroxylation sites is 1. The second kappa shape index (κ2) is 6.15. The van der Waals surface area contributed by atoms with Crippen LogP contribution in [0.4, 0.5) is 0 Å². The molecule has 1 heterocycles. The van der Waals surface area contributed by atoms with Crippen LogP contribution in [0.25, 0.3) is 0 Å². The lowest BCUT2D eigenvalue weighted by Gasteiger charge is -2.40. The number of hydrogen-bond donors (Lipinski definition) is 1. The number of rotatable bonds is 5. The summed E-state index contributed by atoms with van der Waals surface area (Å²) in [4.78, 5) is 0. The van der Waals surface area contributed by atoms with Crippen molar-refractivity contribution in [3.63, 3.8) is 0 Å². The van der Waals surface area contributed by atoms with Gasteiger partial charge in [-0.2, -0.15) is 0 Å². The molecule has 0 saturated heterocycles. The Kier molecular flexibility index (Phi) is 4.27. The Bertz CT molecular complexity index is 440. The third kappa shape index (κ3) is 2.84. The van der Waals surface area contributed by atoms with E-state index < -0.39 is 0 Å². The predicted octanol–water partition coefficient (Wildman–Crippen LogP) is 3.45. The Morgan fingerprint density at radius 1 is 1.30 bits per heavy atom. The fourth-order valence-corrected chi connectivity index (χ4v) is 3.58. The lowest BCUT2D eigenvalue weighted by Crippen LogP contribution is -2.42. The standard InChI is InChI=1S/C17H25NO2/c1-2-19-12-11-18-15-13-17(9-5-6-10-17)20-16-8-4-3-7-14(15)16/h3-4,7-8,15,18H,2,5-6,9-13H2,1H3. The molecule has 0 radical (unpaired) electrons. The van der Waals surface area contributed by atoms with Crippen molar-refractivity contribution >= 4 is 0 Å². The van der Waals surface area contributed by atoms with Crippen molar-refractivity contribution in [1.29, 1.82) is 0 Å². The van der Waals surface area contributed by atoms with E-state index in [9.17, 15) is 0 Å². The summed E-state index contributed by atoms with van der Waals surface area (Å²) in [5.74, 6) is 1.08. The molecular weight excluding hydrogens is 250 g/mol. The van der Waals surface area contributed by atoms with Crippen LogP contribution in [0.3, 0.4) is 0 Å². The molecule has 1 saturated carbocycles. The van der Waals surface area contributed by atoms with E-state index in [1.807, 2.05) is 6.92 Å². The first-order valence-electron chi connectivity index (χ1n) is 7.92. The van der Waals surface area contributed by atoms with Gasteiger partial charge in [-0.1, -0.05) is 18.2 Å². The normalized spacial score (nSPS) is 23.6. The van der Waals surface area contributed by atoms with Gasteiger partial charge >= 0.3 is 0 Å². The minimum Gasteiger partial charge on any atom is -0.487 e. The van der Waals surface area contributed by atoms with E-state index in [4.69, 9.17) is 9.47 Å². The summed E-state index contributed by atoms with van der Waals surface area (Å²) < 4.78 is 11.8. The van der Waals surface area contributed by atoms with E-state index in [-0.39, 0.29) is 5.60 Å². The number of hydrogen-bond acceptors (Lipinski definition) is 3.